The van der Waals surface area contributed by atoms with Crippen LogP contribution in [-0.2, 0) is 10.3 Å². The molecule has 1 aromatic carbocycles. The first kappa shape index (κ1) is 16.4. The molecule has 2 rings (SSSR count). The molecule has 1 unspecified atom stereocenters. The topological polar surface area (TPSA) is 40.5 Å². The van der Waals surface area contributed by atoms with Gasteiger partial charge in [-0.3, -0.25) is 9.69 Å². The largest absolute Gasteiger partial charge is 0.481 e. The molecule has 1 aliphatic heterocycles. The Hall–Kier alpha value is -0.940. The molecule has 0 radical (unpaired) electrons. The van der Waals surface area contributed by atoms with E-state index in [9.17, 15) is 14.3 Å². The van der Waals surface area contributed by atoms with Gasteiger partial charge in [-0.1, -0.05) is 34.8 Å². The minimum Gasteiger partial charge on any atom is -0.481 e. The molecule has 116 valence electrons. The summed E-state index contributed by atoms with van der Waals surface area (Å²) < 4.78 is 14.0. The molecule has 1 atom stereocenters. The molecule has 1 fully saturated rings. The fourth-order valence-corrected chi connectivity index (χ4v) is 3.94. The van der Waals surface area contributed by atoms with Gasteiger partial charge < -0.3 is 5.11 Å². The van der Waals surface area contributed by atoms with Gasteiger partial charge in [0.1, 0.15) is 5.82 Å². The number of carboxylic acid groups (broad SMARTS) is 1. The highest BCUT2D eigenvalue weighted by Gasteiger charge is 2.37. The molecule has 0 amide bonds. The van der Waals surface area contributed by atoms with Crippen molar-refractivity contribution in [1.29, 1.82) is 0 Å². The van der Waals surface area contributed by atoms with Crippen LogP contribution < -0.4 is 0 Å². The zero-order valence-electron chi connectivity index (χ0n) is 12.2. The molecular weight excluding hydrogens is 337 g/mol. The fourth-order valence-electron chi connectivity index (χ4n) is 3.16. The molecule has 5 heteroatoms. The molecule has 0 aliphatic carbocycles. The van der Waals surface area contributed by atoms with Gasteiger partial charge in [0.2, 0.25) is 0 Å². The average Bonchev–Trinajstić information content (AvgIpc) is 2.66. The number of likely N-dealkylation sites (tertiary alicyclic amines) is 1. The van der Waals surface area contributed by atoms with E-state index in [0.29, 0.717) is 4.47 Å². The van der Waals surface area contributed by atoms with Gasteiger partial charge in [-0.15, -0.1) is 0 Å². The lowest BCUT2D eigenvalue weighted by Crippen LogP contribution is -2.46. The first-order valence-corrected chi connectivity index (χ1v) is 8.15. The SMILES string of the molecule is CC(CC(=O)O)(c1ccc(F)cc1Br)N1CCCCCC1. The van der Waals surface area contributed by atoms with Crippen molar-refractivity contribution >= 4 is 21.9 Å². The van der Waals surface area contributed by atoms with Crippen LogP contribution in [0.25, 0.3) is 0 Å². The Kier molecular flexibility index (Phi) is 5.38. The maximum atomic E-state index is 13.3. The van der Waals surface area contributed by atoms with E-state index < -0.39 is 11.5 Å². The van der Waals surface area contributed by atoms with E-state index in [1.54, 1.807) is 6.07 Å². The lowest BCUT2D eigenvalue weighted by atomic mass is 9.86. The number of halogens is 2. The van der Waals surface area contributed by atoms with Gasteiger partial charge in [-0.2, -0.15) is 0 Å². The summed E-state index contributed by atoms with van der Waals surface area (Å²) in [7, 11) is 0. The Labute approximate surface area is 133 Å². The van der Waals surface area contributed by atoms with E-state index in [4.69, 9.17) is 0 Å². The van der Waals surface area contributed by atoms with Gasteiger partial charge in [0, 0.05) is 4.47 Å². The maximum Gasteiger partial charge on any atom is 0.305 e. The van der Waals surface area contributed by atoms with Gasteiger partial charge in [-0.25, -0.2) is 4.39 Å². The molecule has 1 saturated heterocycles. The van der Waals surface area contributed by atoms with E-state index in [2.05, 4.69) is 20.8 Å². The summed E-state index contributed by atoms with van der Waals surface area (Å²) in [5, 5.41) is 9.34. The molecular formula is C16H21BrFNO2. The molecule has 0 spiro atoms. The molecule has 3 nitrogen and oxygen atoms in total. The molecule has 0 bridgehead atoms. The Morgan fingerprint density at radius 3 is 2.48 bits per heavy atom. The van der Waals surface area contributed by atoms with Crippen molar-refractivity contribution in [1.82, 2.24) is 4.90 Å². The van der Waals surface area contributed by atoms with Gasteiger partial charge >= 0.3 is 5.97 Å². The third kappa shape index (κ3) is 3.83. The number of hydrogen-bond donors (Lipinski definition) is 1. The zero-order chi connectivity index (χ0) is 15.5. The van der Waals surface area contributed by atoms with Crippen LogP contribution in [-0.4, -0.2) is 29.1 Å². The third-order valence-electron chi connectivity index (χ3n) is 4.31. The number of carbonyl (C=O) groups is 1. The van der Waals surface area contributed by atoms with Crippen molar-refractivity contribution in [3.8, 4) is 0 Å². The summed E-state index contributed by atoms with van der Waals surface area (Å²) in [5.74, 6) is -1.16. The maximum absolute atomic E-state index is 13.3. The summed E-state index contributed by atoms with van der Waals surface area (Å²) >= 11 is 3.40. The lowest BCUT2D eigenvalue weighted by molar-refractivity contribution is -0.140. The molecule has 1 aliphatic rings. The molecule has 21 heavy (non-hydrogen) atoms. The molecule has 0 saturated carbocycles. The van der Waals surface area contributed by atoms with E-state index in [-0.39, 0.29) is 12.2 Å². The predicted octanol–water partition coefficient (Wildman–Crippen LogP) is 4.15. The van der Waals surface area contributed by atoms with E-state index in [0.717, 1.165) is 31.5 Å². The fraction of sp³-hybridized carbons (Fsp3) is 0.562. The highest BCUT2D eigenvalue weighted by Crippen LogP contribution is 2.38. The van der Waals surface area contributed by atoms with Crippen molar-refractivity contribution in [2.75, 3.05) is 13.1 Å². The smallest absolute Gasteiger partial charge is 0.305 e. The van der Waals surface area contributed by atoms with Gasteiger partial charge in [0.15, 0.2) is 0 Å². The summed E-state index contributed by atoms with van der Waals surface area (Å²) in [6.07, 6.45) is 4.54. The second-order valence-electron chi connectivity index (χ2n) is 5.87. The molecule has 1 N–H and O–H groups in total. The van der Waals surface area contributed by atoms with Crippen LogP contribution in [0.15, 0.2) is 22.7 Å². The average molecular weight is 358 g/mol. The normalized spacial score (nSPS) is 19.8. The highest BCUT2D eigenvalue weighted by atomic mass is 79.9. The van der Waals surface area contributed by atoms with E-state index in [1.165, 1.54) is 25.0 Å². The summed E-state index contributed by atoms with van der Waals surface area (Å²) in [4.78, 5) is 13.6. The number of aliphatic carboxylic acids is 1. The van der Waals surface area contributed by atoms with Crippen LogP contribution in [0.4, 0.5) is 4.39 Å². The van der Waals surface area contributed by atoms with Gasteiger partial charge in [-0.05, 0) is 50.6 Å². The van der Waals surface area contributed by atoms with Crippen molar-refractivity contribution in [2.45, 2.75) is 44.6 Å². The second kappa shape index (κ2) is 6.88. The van der Waals surface area contributed by atoms with E-state index in [1.807, 2.05) is 6.92 Å². The van der Waals surface area contributed by atoms with Crippen LogP contribution in [0.1, 0.15) is 44.6 Å². The minimum atomic E-state index is -0.835. The van der Waals surface area contributed by atoms with Crippen LogP contribution in [0.3, 0.4) is 0 Å². The monoisotopic (exact) mass is 357 g/mol. The van der Waals surface area contributed by atoms with Crippen LogP contribution in [0.5, 0.6) is 0 Å². The van der Waals surface area contributed by atoms with Crippen LogP contribution in [0, 0.1) is 5.82 Å². The van der Waals surface area contributed by atoms with Crippen molar-refractivity contribution in [3.05, 3.63) is 34.1 Å². The Morgan fingerprint density at radius 2 is 1.95 bits per heavy atom. The Morgan fingerprint density at radius 1 is 1.33 bits per heavy atom. The first-order chi connectivity index (χ1) is 9.93. The summed E-state index contributed by atoms with van der Waals surface area (Å²) in [6, 6.07) is 4.51. The molecule has 1 heterocycles. The van der Waals surface area contributed by atoms with Gasteiger partial charge in [0.25, 0.3) is 0 Å². The predicted molar refractivity (Wildman–Crippen MR) is 83.7 cm³/mol. The molecule has 0 aromatic heterocycles. The Balaban J connectivity index is 2.41. The highest BCUT2D eigenvalue weighted by molar-refractivity contribution is 9.10. The van der Waals surface area contributed by atoms with Gasteiger partial charge in [0.05, 0.1) is 12.0 Å². The van der Waals surface area contributed by atoms with Crippen molar-refractivity contribution in [3.63, 3.8) is 0 Å². The quantitative estimate of drug-likeness (QED) is 0.879. The lowest BCUT2D eigenvalue weighted by Gasteiger charge is -2.41. The number of benzene rings is 1. The zero-order valence-corrected chi connectivity index (χ0v) is 13.8. The Bertz CT molecular complexity index is 515. The molecule has 1 aromatic rings. The van der Waals surface area contributed by atoms with Crippen molar-refractivity contribution in [2.24, 2.45) is 0 Å². The summed E-state index contributed by atoms with van der Waals surface area (Å²) in [5.41, 5.74) is 0.219. The number of carboxylic acids is 1. The third-order valence-corrected chi connectivity index (χ3v) is 4.97. The summed E-state index contributed by atoms with van der Waals surface area (Å²) in [6.45, 7) is 3.71. The van der Waals surface area contributed by atoms with E-state index >= 15 is 0 Å². The minimum absolute atomic E-state index is 0.0111. The number of rotatable bonds is 4. The van der Waals surface area contributed by atoms with Crippen molar-refractivity contribution < 1.29 is 14.3 Å². The second-order valence-corrected chi connectivity index (χ2v) is 6.72. The number of hydrogen-bond acceptors (Lipinski definition) is 2. The van der Waals surface area contributed by atoms with Crippen LogP contribution in [0.2, 0.25) is 0 Å². The van der Waals surface area contributed by atoms with Crippen LogP contribution >= 0.6 is 15.9 Å². The number of nitrogens with zero attached hydrogens (tertiary/aromatic N) is 1. The first-order valence-electron chi connectivity index (χ1n) is 7.36. The standard InChI is InChI=1S/C16H21BrFNO2/c1-16(11-15(20)21,19-8-4-2-3-5-9-19)13-7-6-12(18)10-14(13)17/h6-7,10H,2-5,8-9,11H2,1H3,(H,20,21).